The van der Waals surface area contributed by atoms with Gasteiger partial charge < -0.3 is 21.3 Å². The lowest BCUT2D eigenvalue weighted by Gasteiger charge is -2.29. The number of unbranched alkanes of at least 4 members (excludes halogenated alkanes) is 1. The van der Waals surface area contributed by atoms with Crippen molar-refractivity contribution in [3.8, 4) is 0 Å². The van der Waals surface area contributed by atoms with Gasteiger partial charge in [0, 0.05) is 37.6 Å². The number of rotatable bonds is 2. The smallest absolute Gasteiger partial charge is 0.0368 e. The SMILES string of the molecule is CCCC.CNC.Nc1ccc(N2CCNCC2)cc1. The summed E-state index contributed by atoms with van der Waals surface area (Å²) in [4.78, 5) is 2.37. The molecule has 1 aromatic rings. The third-order valence-electron chi connectivity index (χ3n) is 2.88. The summed E-state index contributed by atoms with van der Waals surface area (Å²) in [5, 5.41) is 6.08. The van der Waals surface area contributed by atoms with Crippen molar-refractivity contribution < 1.29 is 0 Å². The van der Waals surface area contributed by atoms with Crippen molar-refractivity contribution in [2.75, 3.05) is 50.9 Å². The van der Waals surface area contributed by atoms with Gasteiger partial charge in [-0.2, -0.15) is 0 Å². The Hall–Kier alpha value is -1.26. The summed E-state index contributed by atoms with van der Waals surface area (Å²) in [5.74, 6) is 0. The molecule has 116 valence electrons. The van der Waals surface area contributed by atoms with Gasteiger partial charge in [0.15, 0.2) is 0 Å². The molecular formula is C16H32N4. The summed E-state index contributed by atoms with van der Waals surface area (Å²) < 4.78 is 0. The minimum atomic E-state index is 0.832. The second kappa shape index (κ2) is 12.8. The van der Waals surface area contributed by atoms with E-state index in [-0.39, 0.29) is 0 Å². The van der Waals surface area contributed by atoms with E-state index in [4.69, 9.17) is 5.73 Å². The highest BCUT2D eigenvalue weighted by Gasteiger charge is 2.09. The second-order valence-electron chi connectivity index (χ2n) is 4.83. The van der Waals surface area contributed by atoms with Crippen LogP contribution in [-0.4, -0.2) is 40.3 Å². The molecule has 1 aliphatic rings. The van der Waals surface area contributed by atoms with E-state index >= 15 is 0 Å². The van der Waals surface area contributed by atoms with Crippen LogP contribution in [0, 0.1) is 0 Å². The van der Waals surface area contributed by atoms with E-state index in [2.05, 4.69) is 41.5 Å². The summed E-state index contributed by atoms with van der Waals surface area (Å²) in [7, 11) is 3.75. The van der Waals surface area contributed by atoms with Crippen LogP contribution in [-0.2, 0) is 0 Å². The molecule has 0 aliphatic carbocycles. The second-order valence-corrected chi connectivity index (χ2v) is 4.83. The number of piperazine rings is 1. The van der Waals surface area contributed by atoms with Gasteiger partial charge in [0.2, 0.25) is 0 Å². The van der Waals surface area contributed by atoms with Crippen molar-refractivity contribution in [3.05, 3.63) is 24.3 Å². The highest BCUT2D eigenvalue weighted by atomic mass is 15.2. The Labute approximate surface area is 124 Å². The first-order valence-corrected chi connectivity index (χ1v) is 7.59. The third kappa shape index (κ3) is 8.77. The summed E-state index contributed by atoms with van der Waals surface area (Å²) in [6.07, 6.45) is 2.64. The highest BCUT2D eigenvalue weighted by molar-refractivity contribution is 5.53. The Morgan fingerprint density at radius 1 is 1.05 bits per heavy atom. The highest BCUT2D eigenvalue weighted by Crippen LogP contribution is 2.16. The van der Waals surface area contributed by atoms with Crippen molar-refractivity contribution in [2.45, 2.75) is 26.7 Å². The molecule has 1 fully saturated rings. The predicted molar refractivity (Wildman–Crippen MR) is 91.5 cm³/mol. The van der Waals surface area contributed by atoms with Crippen molar-refractivity contribution in [2.24, 2.45) is 0 Å². The molecule has 0 saturated carbocycles. The fraction of sp³-hybridized carbons (Fsp3) is 0.625. The van der Waals surface area contributed by atoms with Crippen LogP contribution in [0.15, 0.2) is 24.3 Å². The first-order valence-electron chi connectivity index (χ1n) is 7.59. The van der Waals surface area contributed by atoms with Gasteiger partial charge in [-0.15, -0.1) is 0 Å². The largest absolute Gasteiger partial charge is 0.399 e. The maximum absolute atomic E-state index is 5.63. The first-order chi connectivity index (χ1) is 9.69. The third-order valence-corrected chi connectivity index (χ3v) is 2.88. The van der Waals surface area contributed by atoms with E-state index in [1.807, 2.05) is 26.2 Å². The number of hydrogen-bond donors (Lipinski definition) is 3. The van der Waals surface area contributed by atoms with E-state index in [9.17, 15) is 0 Å². The van der Waals surface area contributed by atoms with Crippen molar-refractivity contribution in [1.82, 2.24) is 10.6 Å². The average Bonchev–Trinajstić information content (AvgIpc) is 2.50. The Morgan fingerprint density at radius 3 is 1.90 bits per heavy atom. The first kappa shape index (κ1) is 18.7. The molecule has 1 aromatic carbocycles. The lowest BCUT2D eigenvalue weighted by molar-refractivity contribution is 0.589. The Bertz CT molecular complexity index is 303. The molecule has 4 heteroatoms. The fourth-order valence-corrected chi connectivity index (χ4v) is 1.61. The number of benzene rings is 1. The zero-order chi connectivity index (χ0) is 15.2. The van der Waals surface area contributed by atoms with Gasteiger partial charge in [0.1, 0.15) is 0 Å². The predicted octanol–water partition coefficient (Wildman–Crippen LogP) is 2.32. The lowest BCUT2D eigenvalue weighted by atomic mass is 10.2. The molecule has 0 amide bonds. The van der Waals surface area contributed by atoms with Crippen LogP contribution >= 0.6 is 0 Å². The molecule has 1 saturated heterocycles. The number of nitrogens with one attached hydrogen (secondary N) is 2. The monoisotopic (exact) mass is 280 g/mol. The Kier molecular flexibility index (Phi) is 12.0. The van der Waals surface area contributed by atoms with Crippen LogP contribution in [0.25, 0.3) is 0 Å². The molecule has 0 radical (unpaired) electrons. The number of nitrogens with two attached hydrogens (primary N) is 1. The molecule has 20 heavy (non-hydrogen) atoms. The van der Waals surface area contributed by atoms with Gasteiger partial charge in [0.05, 0.1) is 0 Å². The topological polar surface area (TPSA) is 53.3 Å². The molecule has 2 rings (SSSR count). The van der Waals surface area contributed by atoms with Gasteiger partial charge in [-0.25, -0.2) is 0 Å². The van der Waals surface area contributed by atoms with Crippen LogP contribution in [0.3, 0.4) is 0 Å². The van der Waals surface area contributed by atoms with Crippen LogP contribution in [0.1, 0.15) is 26.7 Å². The number of nitrogen functional groups attached to an aromatic ring is 1. The van der Waals surface area contributed by atoms with Gasteiger partial charge in [-0.1, -0.05) is 26.7 Å². The maximum Gasteiger partial charge on any atom is 0.0368 e. The fourth-order valence-electron chi connectivity index (χ4n) is 1.61. The van der Waals surface area contributed by atoms with E-state index in [1.165, 1.54) is 18.5 Å². The maximum atomic E-state index is 5.63. The van der Waals surface area contributed by atoms with Crippen LogP contribution in [0.5, 0.6) is 0 Å². The van der Waals surface area contributed by atoms with E-state index in [1.54, 1.807) is 0 Å². The number of hydrogen-bond acceptors (Lipinski definition) is 4. The van der Waals surface area contributed by atoms with Gasteiger partial charge >= 0.3 is 0 Å². The molecule has 4 nitrogen and oxygen atoms in total. The molecule has 0 unspecified atom stereocenters. The van der Waals surface area contributed by atoms with E-state index < -0.39 is 0 Å². The molecule has 0 bridgehead atoms. The molecule has 0 spiro atoms. The molecule has 0 aromatic heterocycles. The van der Waals surface area contributed by atoms with Gasteiger partial charge in [-0.05, 0) is 38.4 Å². The number of nitrogens with zero attached hydrogens (tertiary/aromatic N) is 1. The van der Waals surface area contributed by atoms with E-state index in [0.29, 0.717) is 0 Å². The molecule has 1 aliphatic heterocycles. The van der Waals surface area contributed by atoms with Gasteiger partial charge in [0.25, 0.3) is 0 Å². The van der Waals surface area contributed by atoms with E-state index in [0.717, 1.165) is 31.9 Å². The summed E-state index contributed by atoms with van der Waals surface area (Å²) >= 11 is 0. The van der Waals surface area contributed by atoms with Crippen LogP contribution < -0.4 is 21.3 Å². The molecule has 1 heterocycles. The normalized spacial score (nSPS) is 13.7. The van der Waals surface area contributed by atoms with Crippen LogP contribution in [0.2, 0.25) is 0 Å². The Balaban J connectivity index is 0.000000438. The summed E-state index contributed by atoms with van der Waals surface area (Å²) in [6.45, 7) is 8.68. The lowest BCUT2D eigenvalue weighted by Crippen LogP contribution is -2.43. The standard InChI is InChI=1S/C10H15N3.C4H10.C2H7N/c11-9-1-3-10(4-2-9)13-7-5-12-6-8-13;1-3-4-2;1-3-2/h1-4,12H,5-8,11H2;3-4H2,1-2H3;3H,1-2H3. The van der Waals surface area contributed by atoms with Crippen molar-refractivity contribution >= 4 is 11.4 Å². The zero-order valence-electron chi connectivity index (χ0n) is 13.6. The Morgan fingerprint density at radius 2 is 1.50 bits per heavy atom. The molecular weight excluding hydrogens is 248 g/mol. The van der Waals surface area contributed by atoms with Crippen molar-refractivity contribution in [3.63, 3.8) is 0 Å². The molecule has 4 N–H and O–H groups in total. The summed E-state index contributed by atoms with van der Waals surface area (Å²) in [5.41, 5.74) is 7.73. The molecule has 0 atom stereocenters. The van der Waals surface area contributed by atoms with Crippen molar-refractivity contribution in [1.29, 1.82) is 0 Å². The van der Waals surface area contributed by atoms with Crippen LogP contribution in [0.4, 0.5) is 11.4 Å². The quantitative estimate of drug-likeness (QED) is 0.728. The number of anilines is 2. The zero-order valence-corrected chi connectivity index (χ0v) is 13.6. The minimum absolute atomic E-state index is 0.832. The summed E-state index contributed by atoms with van der Waals surface area (Å²) in [6, 6.07) is 8.08. The average molecular weight is 280 g/mol. The minimum Gasteiger partial charge on any atom is -0.399 e. The van der Waals surface area contributed by atoms with Gasteiger partial charge in [-0.3, -0.25) is 0 Å².